The van der Waals surface area contributed by atoms with Gasteiger partial charge in [-0.3, -0.25) is 9.89 Å². The molecule has 0 saturated carbocycles. The van der Waals surface area contributed by atoms with Gasteiger partial charge in [-0.1, -0.05) is 13.3 Å². The highest BCUT2D eigenvalue weighted by Gasteiger charge is 2.27. The van der Waals surface area contributed by atoms with Crippen molar-refractivity contribution in [1.29, 1.82) is 0 Å². The average Bonchev–Trinajstić information content (AvgIpc) is 2.40. The summed E-state index contributed by atoms with van der Waals surface area (Å²) in [6.07, 6.45) is 5.19. The maximum Gasteiger partial charge on any atom is 0.191 e. The maximum atomic E-state index is 4.25. The Bertz CT molecular complexity index is 255. The second kappa shape index (κ2) is 7.62. The van der Waals surface area contributed by atoms with E-state index in [1.807, 2.05) is 7.05 Å². The minimum Gasteiger partial charge on any atom is -0.356 e. The molecule has 0 unspecified atom stereocenters. The van der Waals surface area contributed by atoms with Gasteiger partial charge in [0, 0.05) is 25.7 Å². The molecule has 4 heteroatoms. The van der Waals surface area contributed by atoms with Crippen molar-refractivity contribution in [1.82, 2.24) is 15.5 Å². The van der Waals surface area contributed by atoms with Crippen LogP contribution in [0.15, 0.2) is 4.99 Å². The Kier molecular flexibility index (Phi) is 6.47. The summed E-state index contributed by atoms with van der Waals surface area (Å²) in [6.45, 7) is 11.2. The van der Waals surface area contributed by atoms with E-state index in [9.17, 15) is 0 Å². The van der Waals surface area contributed by atoms with Gasteiger partial charge in [0.05, 0.1) is 0 Å². The Morgan fingerprint density at radius 2 is 1.83 bits per heavy atom. The highest BCUT2D eigenvalue weighted by molar-refractivity contribution is 5.79. The Hall–Kier alpha value is -0.770. The zero-order valence-corrected chi connectivity index (χ0v) is 12.6. The van der Waals surface area contributed by atoms with E-state index in [0.717, 1.165) is 25.5 Å². The van der Waals surface area contributed by atoms with E-state index in [4.69, 9.17) is 0 Å². The number of piperidine rings is 1. The number of hydrogen-bond acceptors (Lipinski definition) is 2. The van der Waals surface area contributed by atoms with Gasteiger partial charge in [-0.15, -0.1) is 0 Å². The highest BCUT2D eigenvalue weighted by atomic mass is 15.2. The predicted molar refractivity (Wildman–Crippen MR) is 79.2 cm³/mol. The van der Waals surface area contributed by atoms with Crippen molar-refractivity contribution in [3.63, 3.8) is 0 Å². The van der Waals surface area contributed by atoms with Gasteiger partial charge in [0.1, 0.15) is 0 Å². The molecule has 1 aliphatic heterocycles. The van der Waals surface area contributed by atoms with Crippen molar-refractivity contribution in [2.75, 3.05) is 33.2 Å². The summed E-state index contributed by atoms with van der Waals surface area (Å²) in [7, 11) is 1.83. The molecule has 1 rings (SSSR count). The number of guanidine groups is 1. The fourth-order valence-electron chi connectivity index (χ4n) is 2.38. The standard InChI is InChI=1S/C14H30N4/c1-5-9-16-13(15-4)17-12-14(2,3)18-10-7-6-8-11-18/h5-12H2,1-4H3,(H2,15,16,17). The number of rotatable bonds is 5. The van der Waals surface area contributed by atoms with Crippen LogP contribution in [0.25, 0.3) is 0 Å². The molecule has 1 fully saturated rings. The predicted octanol–water partition coefficient (Wildman–Crippen LogP) is 1.83. The molecule has 106 valence electrons. The van der Waals surface area contributed by atoms with Crippen LogP contribution in [0.3, 0.4) is 0 Å². The number of aliphatic imine (C=N–C) groups is 1. The first-order valence-corrected chi connectivity index (χ1v) is 7.29. The average molecular weight is 254 g/mol. The zero-order chi connectivity index (χ0) is 13.4. The van der Waals surface area contributed by atoms with Crippen LogP contribution in [-0.2, 0) is 0 Å². The molecule has 0 radical (unpaired) electrons. The minimum absolute atomic E-state index is 0.199. The zero-order valence-electron chi connectivity index (χ0n) is 12.6. The Morgan fingerprint density at radius 1 is 1.17 bits per heavy atom. The first-order valence-electron chi connectivity index (χ1n) is 7.29. The highest BCUT2D eigenvalue weighted by Crippen LogP contribution is 2.19. The van der Waals surface area contributed by atoms with Crippen LogP contribution >= 0.6 is 0 Å². The van der Waals surface area contributed by atoms with Gasteiger partial charge in [0.2, 0.25) is 0 Å². The molecule has 2 N–H and O–H groups in total. The van der Waals surface area contributed by atoms with Crippen LogP contribution in [-0.4, -0.2) is 49.6 Å². The number of nitrogens with zero attached hydrogens (tertiary/aromatic N) is 2. The molecule has 0 bridgehead atoms. The molecule has 1 heterocycles. The molecule has 1 aliphatic rings. The first kappa shape index (κ1) is 15.3. The first-order chi connectivity index (χ1) is 8.60. The lowest BCUT2D eigenvalue weighted by molar-refractivity contribution is 0.0982. The van der Waals surface area contributed by atoms with Crippen LogP contribution < -0.4 is 10.6 Å². The summed E-state index contributed by atoms with van der Waals surface area (Å²) < 4.78 is 0. The third-order valence-corrected chi connectivity index (χ3v) is 3.67. The van der Waals surface area contributed by atoms with Crippen LogP contribution in [0.5, 0.6) is 0 Å². The van der Waals surface area contributed by atoms with Crippen molar-refractivity contribution in [2.45, 2.75) is 52.0 Å². The molecule has 1 saturated heterocycles. The molecule has 0 atom stereocenters. The third-order valence-electron chi connectivity index (χ3n) is 3.67. The largest absolute Gasteiger partial charge is 0.356 e. The van der Waals surface area contributed by atoms with Crippen molar-refractivity contribution >= 4 is 5.96 Å². The fourth-order valence-corrected chi connectivity index (χ4v) is 2.38. The Balaban J connectivity index is 2.39. The van der Waals surface area contributed by atoms with E-state index < -0.39 is 0 Å². The Labute approximate surface area is 112 Å². The minimum atomic E-state index is 0.199. The van der Waals surface area contributed by atoms with Crippen LogP contribution in [0.1, 0.15) is 46.5 Å². The molecule has 18 heavy (non-hydrogen) atoms. The van der Waals surface area contributed by atoms with Gasteiger partial charge < -0.3 is 10.6 Å². The van der Waals surface area contributed by atoms with Crippen molar-refractivity contribution in [2.24, 2.45) is 4.99 Å². The molecule has 0 spiro atoms. The van der Waals surface area contributed by atoms with Crippen LogP contribution in [0.4, 0.5) is 0 Å². The van der Waals surface area contributed by atoms with Gasteiger partial charge in [0.15, 0.2) is 5.96 Å². The van der Waals surface area contributed by atoms with E-state index in [-0.39, 0.29) is 5.54 Å². The summed E-state index contributed by atoms with van der Waals surface area (Å²) in [4.78, 5) is 6.84. The molecular formula is C14H30N4. The lowest BCUT2D eigenvalue weighted by Gasteiger charge is -2.41. The van der Waals surface area contributed by atoms with Gasteiger partial charge in [-0.2, -0.15) is 0 Å². The number of likely N-dealkylation sites (tertiary alicyclic amines) is 1. The number of nitrogens with one attached hydrogen (secondary N) is 2. The molecule has 0 aliphatic carbocycles. The summed E-state index contributed by atoms with van der Waals surface area (Å²) >= 11 is 0. The quantitative estimate of drug-likeness (QED) is 0.581. The number of hydrogen-bond donors (Lipinski definition) is 2. The lowest BCUT2D eigenvalue weighted by atomic mass is 9.98. The normalized spacial score (nSPS) is 18.8. The fraction of sp³-hybridized carbons (Fsp3) is 0.929. The van der Waals surface area contributed by atoms with Crippen LogP contribution in [0.2, 0.25) is 0 Å². The van der Waals surface area contributed by atoms with Crippen LogP contribution in [0, 0.1) is 0 Å². The topological polar surface area (TPSA) is 39.7 Å². The van der Waals surface area contributed by atoms with Gasteiger partial charge in [-0.25, -0.2) is 0 Å². The smallest absolute Gasteiger partial charge is 0.191 e. The SMILES string of the molecule is CCCNC(=NC)NCC(C)(C)N1CCCCC1. The lowest BCUT2D eigenvalue weighted by Crippen LogP contribution is -2.54. The van der Waals surface area contributed by atoms with E-state index in [1.165, 1.54) is 32.4 Å². The van der Waals surface area contributed by atoms with E-state index in [0.29, 0.717) is 0 Å². The van der Waals surface area contributed by atoms with Gasteiger partial charge in [-0.05, 0) is 46.2 Å². The molecule has 0 aromatic heterocycles. The van der Waals surface area contributed by atoms with E-state index >= 15 is 0 Å². The second-order valence-electron chi connectivity index (χ2n) is 5.71. The molecule has 0 amide bonds. The second-order valence-corrected chi connectivity index (χ2v) is 5.71. The van der Waals surface area contributed by atoms with E-state index in [1.54, 1.807) is 0 Å². The molecule has 4 nitrogen and oxygen atoms in total. The molecule has 0 aromatic carbocycles. The summed E-state index contributed by atoms with van der Waals surface area (Å²) in [5.74, 6) is 0.918. The summed E-state index contributed by atoms with van der Waals surface area (Å²) in [5, 5.41) is 6.75. The van der Waals surface area contributed by atoms with Crippen molar-refractivity contribution < 1.29 is 0 Å². The van der Waals surface area contributed by atoms with E-state index in [2.05, 4.69) is 41.3 Å². The monoisotopic (exact) mass is 254 g/mol. The Morgan fingerprint density at radius 3 is 2.39 bits per heavy atom. The van der Waals surface area contributed by atoms with Crippen molar-refractivity contribution in [3.05, 3.63) is 0 Å². The van der Waals surface area contributed by atoms with Gasteiger partial charge >= 0.3 is 0 Å². The maximum absolute atomic E-state index is 4.25. The summed E-state index contributed by atoms with van der Waals surface area (Å²) in [5.41, 5.74) is 0.199. The summed E-state index contributed by atoms with van der Waals surface area (Å²) in [6, 6.07) is 0. The van der Waals surface area contributed by atoms with Crippen molar-refractivity contribution in [3.8, 4) is 0 Å². The van der Waals surface area contributed by atoms with Gasteiger partial charge in [0.25, 0.3) is 0 Å². The molecule has 0 aromatic rings. The third kappa shape index (κ3) is 4.84. The molecular weight excluding hydrogens is 224 g/mol.